The second-order valence-electron chi connectivity index (χ2n) is 4.54. The van der Waals surface area contributed by atoms with E-state index >= 15 is 0 Å². The molecule has 0 radical (unpaired) electrons. The minimum Gasteiger partial charge on any atom is -0.331 e. The fourth-order valence-corrected chi connectivity index (χ4v) is 2.86. The van der Waals surface area contributed by atoms with Crippen LogP contribution in [0.3, 0.4) is 0 Å². The molecule has 98 valence electrons. The van der Waals surface area contributed by atoms with Crippen LogP contribution in [0.15, 0.2) is 48.1 Å². The molecule has 0 aliphatic carbocycles. The topological polar surface area (TPSA) is 29.9 Å². The van der Waals surface area contributed by atoms with Gasteiger partial charge in [0.05, 0.1) is 17.4 Å². The molecule has 0 aliphatic heterocycles. The van der Waals surface area contributed by atoms with E-state index in [-0.39, 0.29) is 0 Å². The number of benzene rings is 1. The van der Waals surface area contributed by atoms with Crippen molar-refractivity contribution >= 4 is 22.4 Å². The third-order valence-corrected chi connectivity index (χ3v) is 4.04. The van der Waals surface area contributed by atoms with Crippen molar-refractivity contribution < 1.29 is 0 Å². The Hall–Kier alpha value is -1.65. The number of aromatic nitrogens is 2. The van der Waals surface area contributed by atoms with Crippen molar-refractivity contribution in [2.24, 2.45) is 0 Å². The number of hydrogen-bond acceptors (Lipinski definition) is 3. The Morgan fingerprint density at radius 3 is 3.00 bits per heavy atom. The number of rotatable bonds is 6. The Bertz CT molecular complexity index is 628. The highest BCUT2D eigenvalue weighted by atomic mass is 32.1. The van der Waals surface area contributed by atoms with Crippen LogP contribution in [0, 0.1) is 0 Å². The van der Waals surface area contributed by atoms with Crippen molar-refractivity contribution in [2.45, 2.75) is 19.5 Å². The van der Waals surface area contributed by atoms with E-state index < -0.39 is 0 Å². The van der Waals surface area contributed by atoms with E-state index in [2.05, 4.69) is 50.6 Å². The van der Waals surface area contributed by atoms with Gasteiger partial charge in [-0.15, -0.1) is 11.3 Å². The van der Waals surface area contributed by atoms with Gasteiger partial charge in [0, 0.05) is 18.0 Å². The van der Waals surface area contributed by atoms with Crippen LogP contribution in [0.2, 0.25) is 0 Å². The smallest absolute Gasteiger partial charge is 0.0958 e. The molecule has 2 heterocycles. The number of imidazole rings is 1. The molecule has 0 amide bonds. The summed E-state index contributed by atoms with van der Waals surface area (Å²) in [5, 5.41) is 5.59. The number of nitrogens with zero attached hydrogens (tertiary/aromatic N) is 2. The summed E-state index contributed by atoms with van der Waals surface area (Å²) in [6.45, 7) is 3.02. The van der Waals surface area contributed by atoms with E-state index in [9.17, 15) is 0 Å². The van der Waals surface area contributed by atoms with Gasteiger partial charge in [-0.1, -0.05) is 18.2 Å². The quantitative estimate of drug-likeness (QED) is 0.697. The molecule has 19 heavy (non-hydrogen) atoms. The largest absolute Gasteiger partial charge is 0.331 e. The summed E-state index contributed by atoms with van der Waals surface area (Å²) < 4.78 is 2.22. The fraction of sp³-hybridized carbons (Fsp3) is 0.267. The van der Waals surface area contributed by atoms with E-state index in [1.54, 1.807) is 11.3 Å². The summed E-state index contributed by atoms with van der Waals surface area (Å²) in [7, 11) is 0. The standard InChI is InChI=1S/C15H17N3S/c1-2-7-15-14(6-1)17-12-18(15)9-4-8-16-11-13-5-3-10-19-13/h1-3,5-7,10,12,16H,4,8-9,11H2. The van der Waals surface area contributed by atoms with Crippen molar-refractivity contribution in [3.8, 4) is 0 Å². The van der Waals surface area contributed by atoms with Crippen molar-refractivity contribution in [1.82, 2.24) is 14.9 Å². The van der Waals surface area contributed by atoms with Crippen molar-refractivity contribution in [2.75, 3.05) is 6.54 Å². The molecule has 0 saturated heterocycles. The van der Waals surface area contributed by atoms with Gasteiger partial charge in [0.2, 0.25) is 0 Å². The third kappa shape index (κ3) is 3.03. The maximum absolute atomic E-state index is 4.40. The minimum atomic E-state index is 0.975. The van der Waals surface area contributed by atoms with Crippen LogP contribution in [0.4, 0.5) is 0 Å². The highest BCUT2D eigenvalue weighted by molar-refractivity contribution is 7.09. The number of nitrogens with one attached hydrogen (secondary N) is 1. The molecule has 0 saturated carbocycles. The lowest BCUT2D eigenvalue weighted by Gasteiger charge is -2.05. The Balaban J connectivity index is 1.47. The summed E-state index contributed by atoms with van der Waals surface area (Å²) in [6.07, 6.45) is 3.05. The highest BCUT2D eigenvalue weighted by Crippen LogP contribution is 2.12. The Morgan fingerprint density at radius 1 is 1.16 bits per heavy atom. The monoisotopic (exact) mass is 271 g/mol. The molecule has 2 aromatic heterocycles. The van der Waals surface area contributed by atoms with Gasteiger partial charge in [0.15, 0.2) is 0 Å². The number of para-hydroxylation sites is 2. The lowest BCUT2D eigenvalue weighted by atomic mass is 10.3. The van der Waals surface area contributed by atoms with Crippen LogP contribution in [-0.4, -0.2) is 16.1 Å². The molecule has 0 bridgehead atoms. The average Bonchev–Trinajstić information content (AvgIpc) is 3.08. The summed E-state index contributed by atoms with van der Waals surface area (Å²) in [5.41, 5.74) is 2.30. The maximum atomic E-state index is 4.40. The molecule has 1 aromatic carbocycles. The predicted molar refractivity (Wildman–Crippen MR) is 80.4 cm³/mol. The Morgan fingerprint density at radius 2 is 2.11 bits per heavy atom. The lowest BCUT2D eigenvalue weighted by Crippen LogP contribution is -2.15. The van der Waals surface area contributed by atoms with Gasteiger partial charge in [-0.05, 0) is 36.5 Å². The zero-order valence-corrected chi connectivity index (χ0v) is 11.6. The number of hydrogen-bond donors (Lipinski definition) is 1. The normalized spacial score (nSPS) is 11.2. The molecule has 4 heteroatoms. The van der Waals surface area contributed by atoms with Crippen LogP contribution in [0.5, 0.6) is 0 Å². The predicted octanol–water partition coefficient (Wildman–Crippen LogP) is 3.28. The van der Waals surface area contributed by atoms with E-state index in [0.29, 0.717) is 0 Å². The third-order valence-electron chi connectivity index (χ3n) is 3.16. The first-order valence-corrected chi connectivity index (χ1v) is 7.44. The van der Waals surface area contributed by atoms with Gasteiger partial charge in [-0.25, -0.2) is 4.98 Å². The van der Waals surface area contributed by atoms with Crippen LogP contribution >= 0.6 is 11.3 Å². The molecule has 0 fully saturated rings. The molecular weight excluding hydrogens is 254 g/mol. The first-order valence-electron chi connectivity index (χ1n) is 6.56. The zero-order valence-electron chi connectivity index (χ0n) is 10.7. The van der Waals surface area contributed by atoms with E-state index in [1.807, 2.05) is 12.4 Å². The molecule has 3 aromatic rings. The molecule has 1 N–H and O–H groups in total. The Labute approximate surface area is 116 Å². The molecule has 3 nitrogen and oxygen atoms in total. The van der Waals surface area contributed by atoms with Gasteiger partial charge in [0.25, 0.3) is 0 Å². The summed E-state index contributed by atoms with van der Waals surface area (Å²) in [5.74, 6) is 0. The molecule has 0 spiro atoms. The molecule has 3 rings (SSSR count). The van der Waals surface area contributed by atoms with Gasteiger partial charge in [-0.3, -0.25) is 0 Å². The molecule has 0 atom stereocenters. The summed E-state index contributed by atoms with van der Waals surface area (Å²) >= 11 is 1.80. The van der Waals surface area contributed by atoms with Crippen LogP contribution in [0.1, 0.15) is 11.3 Å². The number of thiophene rings is 1. The van der Waals surface area contributed by atoms with E-state index in [1.165, 1.54) is 10.4 Å². The second-order valence-corrected chi connectivity index (χ2v) is 5.57. The first-order chi connectivity index (χ1) is 9.43. The van der Waals surface area contributed by atoms with Crippen LogP contribution in [-0.2, 0) is 13.1 Å². The minimum absolute atomic E-state index is 0.975. The number of fused-ring (bicyclic) bond motifs is 1. The summed E-state index contributed by atoms with van der Waals surface area (Å²) in [6, 6.07) is 12.5. The summed E-state index contributed by atoms with van der Waals surface area (Å²) in [4.78, 5) is 5.80. The fourth-order valence-electron chi connectivity index (χ4n) is 2.19. The van der Waals surface area contributed by atoms with E-state index in [4.69, 9.17) is 0 Å². The lowest BCUT2D eigenvalue weighted by molar-refractivity contribution is 0.591. The first kappa shape index (κ1) is 12.4. The average molecular weight is 271 g/mol. The highest BCUT2D eigenvalue weighted by Gasteiger charge is 2.00. The maximum Gasteiger partial charge on any atom is 0.0958 e. The van der Waals surface area contributed by atoms with Crippen LogP contribution < -0.4 is 5.32 Å². The second kappa shape index (κ2) is 5.99. The van der Waals surface area contributed by atoms with Crippen molar-refractivity contribution in [3.63, 3.8) is 0 Å². The van der Waals surface area contributed by atoms with Gasteiger partial charge < -0.3 is 9.88 Å². The van der Waals surface area contributed by atoms with Gasteiger partial charge in [0.1, 0.15) is 0 Å². The number of aryl methyl sites for hydroxylation is 1. The zero-order chi connectivity index (χ0) is 12.9. The molecule has 0 unspecified atom stereocenters. The van der Waals surface area contributed by atoms with Gasteiger partial charge in [-0.2, -0.15) is 0 Å². The van der Waals surface area contributed by atoms with Crippen molar-refractivity contribution in [1.29, 1.82) is 0 Å². The molecular formula is C15H17N3S. The van der Waals surface area contributed by atoms with Crippen LogP contribution in [0.25, 0.3) is 11.0 Å². The molecule has 0 aliphatic rings. The Kier molecular flexibility index (Phi) is 3.91. The van der Waals surface area contributed by atoms with Crippen molar-refractivity contribution in [3.05, 3.63) is 53.0 Å². The van der Waals surface area contributed by atoms with E-state index in [0.717, 1.165) is 31.6 Å². The van der Waals surface area contributed by atoms with Gasteiger partial charge >= 0.3 is 0 Å². The SMILES string of the molecule is c1csc(CNCCCn2cnc3ccccc32)c1.